The summed E-state index contributed by atoms with van der Waals surface area (Å²) in [5, 5.41) is 0.588. The van der Waals surface area contributed by atoms with Gasteiger partial charge in [0.2, 0.25) is 0 Å². The van der Waals surface area contributed by atoms with Gasteiger partial charge in [-0.3, -0.25) is 0 Å². The fraction of sp³-hybridized carbons (Fsp3) is 0.562. The number of halogens is 2. The Bertz CT molecular complexity index is 643. The van der Waals surface area contributed by atoms with Crippen LogP contribution in [0.1, 0.15) is 57.3 Å². The van der Waals surface area contributed by atoms with Crippen LogP contribution >= 0.6 is 23.2 Å². The fourth-order valence-electron chi connectivity index (χ4n) is 3.50. The van der Waals surface area contributed by atoms with Crippen molar-refractivity contribution < 1.29 is 0 Å². The van der Waals surface area contributed by atoms with Crippen molar-refractivity contribution in [3.63, 3.8) is 0 Å². The molecule has 0 spiro atoms. The fourth-order valence-corrected chi connectivity index (χ4v) is 3.86. The molecule has 0 aliphatic heterocycles. The molecule has 1 aliphatic carbocycles. The molecule has 20 heavy (non-hydrogen) atoms. The molecule has 0 saturated heterocycles. The minimum absolute atomic E-state index is 0.116. The van der Waals surface area contributed by atoms with Gasteiger partial charge in [0.1, 0.15) is 11.3 Å². The smallest absolute Gasteiger partial charge is 0.128 e. The van der Waals surface area contributed by atoms with E-state index in [1.165, 1.54) is 19.3 Å². The number of benzene rings is 1. The molecular weight excluding hydrogens is 291 g/mol. The third-order valence-electron chi connectivity index (χ3n) is 4.57. The Morgan fingerprint density at radius 3 is 2.75 bits per heavy atom. The molecule has 2 aromatic rings. The SMILES string of the molecule is CC(Cl)c1nc2c(Cl)cccc2n1C1CCCC1(C)C. The molecule has 0 bridgehead atoms. The van der Waals surface area contributed by atoms with Crippen molar-refractivity contribution in [3.8, 4) is 0 Å². The Morgan fingerprint density at radius 1 is 1.40 bits per heavy atom. The topological polar surface area (TPSA) is 17.8 Å². The summed E-state index contributed by atoms with van der Waals surface area (Å²) in [4.78, 5) is 4.72. The number of aromatic nitrogens is 2. The standard InChI is InChI=1S/C16H20Cl2N2/c1-10(17)15-19-14-11(18)6-4-7-12(14)20(15)13-8-5-9-16(13,2)3/h4,6-7,10,13H,5,8-9H2,1-3H3. The Hall–Kier alpha value is -0.730. The minimum atomic E-state index is -0.116. The molecule has 1 heterocycles. The van der Waals surface area contributed by atoms with Crippen molar-refractivity contribution >= 4 is 34.2 Å². The van der Waals surface area contributed by atoms with Gasteiger partial charge in [-0.05, 0) is 37.3 Å². The zero-order valence-corrected chi connectivity index (χ0v) is 13.7. The van der Waals surface area contributed by atoms with Gasteiger partial charge < -0.3 is 4.57 Å². The van der Waals surface area contributed by atoms with Crippen molar-refractivity contribution in [2.75, 3.05) is 0 Å². The number of hydrogen-bond acceptors (Lipinski definition) is 1. The van der Waals surface area contributed by atoms with Crippen LogP contribution in [0.4, 0.5) is 0 Å². The highest BCUT2D eigenvalue weighted by atomic mass is 35.5. The van der Waals surface area contributed by atoms with Gasteiger partial charge in [0.15, 0.2) is 0 Å². The monoisotopic (exact) mass is 310 g/mol. The maximum absolute atomic E-state index is 6.38. The van der Waals surface area contributed by atoms with Crippen molar-refractivity contribution in [1.82, 2.24) is 9.55 Å². The van der Waals surface area contributed by atoms with E-state index in [0.29, 0.717) is 11.1 Å². The Kier molecular flexibility index (Phi) is 3.50. The second-order valence-electron chi connectivity index (χ2n) is 6.46. The molecular formula is C16H20Cl2N2. The van der Waals surface area contributed by atoms with E-state index in [1.807, 2.05) is 19.1 Å². The summed E-state index contributed by atoms with van der Waals surface area (Å²) in [6.07, 6.45) is 3.68. The van der Waals surface area contributed by atoms with Crippen LogP contribution in [0.2, 0.25) is 5.02 Å². The van der Waals surface area contributed by atoms with E-state index < -0.39 is 0 Å². The maximum Gasteiger partial charge on any atom is 0.128 e. The highest BCUT2D eigenvalue weighted by molar-refractivity contribution is 6.35. The molecule has 4 heteroatoms. The van der Waals surface area contributed by atoms with Crippen LogP contribution in [-0.4, -0.2) is 9.55 Å². The lowest BCUT2D eigenvalue weighted by atomic mass is 9.87. The molecule has 2 unspecified atom stereocenters. The zero-order valence-electron chi connectivity index (χ0n) is 12.2. The van der Waals surface area contributed by atoms with Gasteiger partial charge >= 0.3 is 0 Å². The first-order chi connectivity index (χ1) is 9.42. The van der Waals surface area contributed by atoms with Gasteiger partial charge in [-0.1, -0.05) is 37.9 Å². The average Bonchev–Trinajstić information content (AvgIpc) is 2.90. The first-order valence-corrected chi connectivity index (χ1v) is 8.03. The Morgan fingerprint density at radius 2 is 2.15 bits per heavy atom. The van der Waals surface area contributed by atoms with Crippen LogP contribution in [0.3, 0.4) is 0 Å². The molecule has 2 nitrogen and oxygen atoms in total. The minimum Gasteiger partial charge on any atom is -0.323 e. The van der Waals surface area contributed by atoms with Gasteiger partial charge in [0.25, 0.3) is 0 Å². The first-order valence-electron chi connectivity index (χ1n) is 7.22. The molecule has 1 saturated carbocycles. The molecule has 2 atom stereocenters. The lowest BCUT2D eigenvalue weighted by Crippen LogP contribution is -2.23. The molecule has 108 valence electrons. The quantitative estimate of drug-likeness (QED) is 0.647. The maximum atomic E-state index is 6.38. The van der Waals surface area contributed by atoms with Gasteiger partial charge in [0, 0.05) is 6.04 Å². The molecule has 0 amide bonds. The molecule has 3 rings (SSSR count). The summed E-state index contributed by atoms with van der Waals surface area (Å²) in [5.74, 6) is 0.940. The summed E-state index contributed by atoms with van der Waals surface area (Å²) in [5.41, 5.74) is 2.26. The summed E-state index contributed by atoms with van der Waals surface area (Å²) in [6.45, 7) is 6.66. The van der Waals surface area contributed by atoms with Crippen LogP contribution < -0.4 is 0 Å². The van der Waals surface area contributed by atoms with Crippen molar-refractivity contribution in [3.05, 3.63) is 29.0 Å². The molecule has 1 aromatic carbocycles. The van der Waals surface area contributed by atoms with Gasteiger partial charge in [-0.15, -0.1) is 11.6 Å². The van der Waals surface area contributed by atoms with E-state index in [4.69, 9.17) is 28.2 Å². The number of alkyl halides is 1. The number of para-hydroxylation sites is 1. The van der Waals surface area contributed by atoms with E-state index in [-0.39, 0.29) is 10.8 Å². The third-order valence-corrected chi connectivity index (χ3v) is 5.07. The van der Waals surface area contributed by atoms with Gasteiger partial charge in [-0.25, -0.2) is 4.98 Å². The second-order valence-corrected chi connectivity index (χ2v) is 7.52. The molecule has 1 aromatic heterocycles. The summed E-state index contributed by atoms with van der Waals surface area (Å²) < 4.78 is 2.34. The van der Waals surface area contributed by atoms with E-state index in [2.05, 4.69) is 24.5 Å². The van der Waals surface area contributed by atoms with E-state index in [1.54, 1.807) is 0 Å². The van der Waals surface area contributed by atoms with Crippen molar-refractivity contribution in [2.24, 2.45) is 5.41 Å². The van der Waals surface area contributed by atoms with E-state index >= 15 is 0 Å². The molecule has 1 aliphatic rings. The lowest BCUT2D eigenvalue weighted by Gasteiger charge is -2.30. The van der Waals surface area contributed by atoms with Crippen LogP contribution in [0.5, 0.6) is 0 Å². The van der Waals surface area contributed by atoms with E-state index in [0.717, 1.165) is 16.9 Å². The highest BCUT2D eigenvalue weighted by Gasteiger charge is 2.38. The normalized spacial score (nSPS) is 23.4. The van der Waals surface area contributed by atoms with Crippen LogP contribution in [0.15, 0.2) is 18.2 Å². The highest BCUT2D eigenvalue weighted by Crippen LogP contribution is 2.48. The van der Waals surface area contributed by atoms with Gasteiger partial charge in [0.05, 0.1) is 15.9 Å². The third kappa shape index (κ3) is 2.14. The Labute approximate surface area is 130 Å². The second kappa shape index (κ2) is 4.92. The number of nitrogens with zero attached hydrogens (tertiary/aromatic N) is 2. The molecule has 1 fully saturated rings. The first kappa shape index (κ1) is 14.2. The number of fused-ring (bicyclic) bond motifs is 1. The van der Waals surface area contributed by atoms with Crippen LogP contribution in [0.25, 0.3) is 11.0 Å². The largest absolute Gasteiger partial charge is 0.323 e. The number of imidazole rings is 1. The zero-order chi connectivity index (χ0) is 14.5. The number of rotatable bonds is 2. The predicted molar refractivity (Wildman–Crippen MR) is 85.7 cm³/mol. The van der Waals surface area contributed by atoms with E-state index in [9.17, 15) is 0 Å². The molecule has 0 N–H and O–H groups in total. The average molecular weight is 311 g/mol. The van der Waals surface area contributed by atoms with Crippen molar-refractivity contribution in [1.29, 1.82) is 0 Å². The van der Waals surface area contributed by atoms with Crippen LogP contribution in [0, 0.1) is 5.41 Å². The summed E-state index contributed by atoms with van der Waals surface area (Å²) in [7, 11) is 0. The number of hydrogen-bond donors (Lipinski definition) is 0. The molecule has 0 radical (unpaired) electrons. The lowest BCUT2D eigenvalue weighted by molar-refractivity contribution is 0.261. The van der Waals surface area contributed by atoms with Gasteiger partial charge in [-0.2, -0.15) is 0 Å². The predicted octanol–water partition coefficient (Wildman–Crippen LogP) is 5.74. The summed E-state index contributed by atoms with van der Waals surface area (Å²) >= 11 is 12.7. The van der Waals surface area contributed by atoms with Crippen LogP contribution in [-0.2, 0) is 0 Å². The summed E-state index contributed by atoms with van der Waals surface area (Å²) in [6, 6.07) is 6.44. The Balaban J connectivity index is 2.27. The van der Waals surface area contributed by atoms with Crippen molar-refractivity contribution in [2.45, 2.75) is 51.5 Å².